The van der Waals surface area contributed by atoms with Gasteiger partial charge in [-0.1, -0.05) is 49.7 Å². The van der Waals surface area contributed by atoms with Crippen LogP contribution in [0.1, 0.15) is 77.7 Å². The fraction of sp³-hybridized carbons (Fsp3) is 0.394. The van der Waals surface area contributed by atoms with Crippen molar-refractivity contribution in [3.63, 3.8) is 0 Å². The van der Waals surface area contributed by atoms with Gasteiger partial charge in [0, 0.05) is 23.7 Å². The summed E-state index contributed by atoms with van der Waals surface area (Å²) in [6.07, 6.45) is 0. The molecule has 4 rings (SSSR count). The lowest BCUT2D eigenvalue weighted by atomic mass is 9.95. The van der Waals surface area contributed by atoms with Crippen molar-refractivity contribution in [1.29, 1.82) is 0 Å². The molecule has 0 aliphatic carbocycles. The number of nitrogens with one attached hydrogen (secondary N) is 1. The lowest BCUT2D eigenvalue weighted by Gasteiger charge is -2.35. The number of amides is 1. The first-order valence-corrected chi connectivity index (χ1v) is 13.9. The number of para-hydroxylation sites is 2. The largest absolute Gasteiger partial charge is 0.496 e. The van der Waals surface area contributed by atoms with Crippen molar-refractivity contribution in [3.8, 4) is 5.75 Å². The van der Waals surface area contributed by atoms with E-state index in [1.807, 2.05) is 49.1 Å². The standard InChI is InChI=1S/C33H42N4O2/c1-9-36(10-2)20-26-19-25(15-16-29(26)39-8)31(32-34-27-13-11-12-14-28(27)35-32)37(21(3)4)33(38)30-23(6)17-22(5)18-24(30)7/h11-19,21,31H,9-10,20H2,1-8H3,(H,34,35). The highest BCUT2D eigenvalue weighted by atomic mass is 16.5. The minimum Gasteiger partial charge on any atom is -0.496 e. The number of ether oxygens (including phenoxy) is 1. The van der Waals surface area contributed by atoms with E-state index in [0.29, 0.717) is 0 Å². The summed E-state index contributed by atoms with van der Waals surface area (Å²) >= 11 is 0. The number of hydrogen-bond acceptors (Lipinski definition) is 4. The normalized spacial score (nSPS) is 12.4. The molecule has 4 aromatic rings. The molecule has 1 heterocycles. The van der Waals surface area contributed by atoms with Crippen molar-refractivity contribution in [2.24, 2.45) is 0 Å². The molecule has 6 nitrogen and oxygen atoms in total. The molecule has 0 bridgehead atoms. The molecule has 1 amide bonds. The molecule has 1 N–H and O–H groups in total. The second kappa shape index (κ2) is 12.0. The number of carbonyl (C=O) groups is 1. The Balaban J connectivity index is 1.93. The highest BCUT2D eigenvalue weighted by Gasteiger charge is 2.34. The van der Waals surface area contributed by atoms with E-state index in [9.17, 15) is 4.79 Å². The number of aryl methyl sites for hydroxylation is 3. The van der Waals surface area contributed by atoms with Crippen molar-refractivity contribution >= 4 is 16.9 Å². The van der Waals surface area contributed by atoms with E-state index in [1.54, 1.807) is 7.11 Å². The first-order valence-electron chi connectivity index (χ1n) is 13.9. The monoisotopic (exact) mass is 526 g/mol. The number of methoxy groups -OCH3 is 1. The number of imidazole rings is 1. The van der Waals surface area contributed by atoms with E-state index < -0.39 is 6.04 Å². The van der Waals surface area contributed by atoms with Gasteiger partial charge < -0.3 is 14.6 Å². The third-order valence-electron chi connectivity index (χ3n) is 7.54. The van der Waals surface area contributed by atoms with Gasteiger partial charge >= 0.3 is 0 Å². The highest BCUT2D eigenvalue weighted by molar-refractivity contribution is 5.98. The summed E-state index contributed by atoms with van der Waals surface area (Å²) in [6, 6.07) is 18.0. The van der Waals surface area contributed by atoms with Crippen molar-refractivity contribution in [2.45, 2.75) is 67.1 Å². The first-order chi connectivity index (χ1) is 18.7. The molecule has 1 atom stereocenters. The second-order valence-corrected chi connectivity index (χ2v) is 10.7. The maximum absolute atomic E-state index is 14.5. The summed E-state index contributed by atoms with van der Waals surface area (Å²) < 4.78 is 5.76. The zero-order valence-corrected chi connectivity index (χ0v) is 24.6. The first kappa shape index (κ1) is 28.4. The van der Waals surface area contributed by atoms with Gasteiger partial charge in [0.05, 0.1) is 18.1 Å². The van der Waals surface area contributed by atoms with Crippen LogP contribution in [-0.2, 0) is 6.54 Å². The number of carbonyl (C=O) groups excluding carboxylic acids is 1. The Kier molecular flexibility index (Phi) is 8.76. The molecule has 1 aromatic heterocycles. The van der Waals surface area contributed by atoms with Crippen LogP contribution in [0, 0.1) is 20.8 Å². The molecule has 1 unspecified atom stereocenters. The molecule has 0 aliphatic heterocycles. The van der Waals surface area contributed by atoms with E-state index in [1.165, 1.54) is 0 Å². The minimum atomic E-state index is -0.411. The molecule has 0 saturated carbocycles. The van der Waals surface area contributed by atoms with Crippen LogP contribution >= 0.6 is 0 Å². The molecular weight excluding hydrogens is 484 g/mol. The van der Waals surface area contributed by atoms with Crippen molar-refractivity contribution in [1.82, 2.24) is 19.8 Å². The number of aromatic amines is 1. The number of rotatable bonds is 10. The van der Waals surface area contributed by atoms with Gasteiger partial charge in [-0.3, -0.25) is 9.69 Å². The molecular formula is C33H42N4O2. The van der Waals surface area contributed by atoms with Crippen LogP contribution in [0.15, 0.2) is 54.6 Å². The molecule has 39 heavy (non-hydrogen) atoms. The Morgan fingerprint density at radius 3 is 2.23 bits per heavy atom. The fourth-order valence-electron chi connectivity index (χ4n) is 5.63. The van der Waals surface area contributed by atoms with Crippen LogP contribution in [0.25, 0.3) is 11.0 Å². The maximum atomic E-state index is 14.5. The lowest BCUT2D eigenvalue weighted by molar-refractivity contribution is 0.0635. The van der Waals surface area contributed by atoms with Gasteiger partial charge in [-0.15, -0.1) is 0 Å². The SMILES string of the molecule is CCN(CC)Cc1cc(C(c2nc3ccccc3[nH]2)N(C(=O)c2c(C)cc(C)cc2C)C(C)C)ccc1OC. The predicted octanol–water partition coefficient (Wildman–Crippen LogP) is 6.98. The van der Waals surface area contributed by atoms with Gasteiger partial charge in [0.1, 0.15) is 17.6 Å². The van der Waals surface area contributed by atoms with Gasteiger partial charge in [-0.25, -0.2) is 4.98 Å². The van der Waals surface area contributed by atoms with Crippen LogP contribution in [0.5, 0.6) is 5.75 Å². The van der Waals surface area contributed by atoms with E-state index >= 15 is 0 Å². The molecule has 3 aromatic carbocycles. The number of benzene rings is 3. The minimum absolute atomic E-state index is 0.00608. The third-order valence-corrected chi connectivity index (χ3v) is 7.54. The van der Waals surface area contributed by atoms with Gasteiger partial charge in [-0.2, -0.15) is 0 Å². The Morgan fingerprint density at radius 1 is 0.974 bits per heavy atom. The van der Waals surface area contributed by atoms with Crippen molar-refractivity contribution in [3.05, 3.63) is 93.8 Å². The number of H-pyrrole nitrogens is 1. The van der Waals surface area contributed by atoms with Crippen LogP contribution in [0.2, 0.25) is 0 Å². The van der Waals surface area contributed by atoms with Gasteiger partial charge in [0.2, 0.25) is 0 Å². The van der Waals surface area contributed by atoms with E-state index in [-0.39, 0.29) is 11.9 Å². The topological polar surface area (TPSA) is 61.5 Å². The molecule has 6 heteroatoms. The molecule has 0 aliphatic rings. The Bertz CT molecular complexity index is 1400. The molecule has 0 saturated heterocycles. The zero-order chi connectivity index (χ0) is 28.3. The van der Waals surface area contributed by atoms with Crippen LogP contribution in [-0.4, -0.2) is 51.9 Å². The number of nitrogens with zero attached hydrogens (tertiary/aromatic N) is 3. The summed E-state index contributed by atoms with van der Waals surface area (Å²) in [5.41, 5.74) is 7.82. The Labute approximate surface area is 233 Å². The highest BCUT2D eigenvalue weighted by Crippen LogP contribution is 2.35. The second-order valence-electron chi connectivity index (χ2n) is 10.7. The van der Waals surface area contributed by atoms with E-state index in [0.717, 1.165) is 75.6 Å². The lowest BCUT2D eigenvalue weighted by Crippen LogP contribution is -2.41. The maximum Gasteiger partial charge on any atom is 0.255 e. The van der Waals surface area contributed by atoms with Gasteiger partial charge in [-0.05, 0) is 88.7 Å². The summed E-state index contributed by atoms with van der Waals surface area (Å²) in [5, 5.41) is 0. The summed E-state index contributed by atoms with van der Waals surface area (Å²) in [5.74, 6) is 1.60. The number of fused-ring (bicyclic) bond motifs is 1. The van der Waals surface area contributed by atoms with Gasteiger partial charge in [0.15, 0.2) is 0 Å². The van der Waals surface area contributed by atoms with Crippen LogP contribution < -0.4 is 4.74 Å². The Hall–Kier alpha value is -3.64. The molecule has 0 radical (unpaired) electrons. The quantitative estimate of drug-likeness (QED) is 0.242. The summed E-state index contributed by atoms with van der Waals surface area (Å²) in [7, 11) is 1.71. The van der Waals surface area contributed by atoms with Crippen molar-refractivity contribution < 1.29 is 9.53 Å². The molecule has 0 fully saturated rings. The van der Waals surface area contributed by atoms with E-state index in [4.69, 9.17) is 9.72 Å². The number of hydrogen-bond donors (Lipinski definition) is 1. The zero-order valence-electron chi connectivity index (χ0n) is 24.6. The predicted molar refractivity (Wildman–Crippen MR) is 160 cm³/mol. The van der Waals surface area contributed by atoms with Crippen LogP contribution in [0.3, 0.4) is 0 Å². The van der Waals surface area contributed by atoms with Gasteiger partial charge in [0.25, 0.3) is 5.91 Å². The average Bonchev–Trinajstić information content (AvgIpc) is 3.33. The smallest absolute Gasteiger partial charge is 0.255 e. The summed E-state index contributed by atoms with van der Waals surface area (Å²) in [4.78, 5) is 27.4. The Morgan fingerprint density at radius 2 is 1.64 bits per heavy atom. The molecule has 206 valence electrons. The van der Waals surface area contributed by atoms with Crippen molar-refractivity contribution in [2.75, 3.05) is 20.2 Å². The fourth-order valence-corrected chi connectivity index (χ4v) is 5.63. The van der Waals surface area contributed by atoms with Crippen LogP contribution in [0.4, 0.5) is 0 Å². The third kappa shape index (κ3) is 5.86. The average molecular weight is 527 g/mol. The summed E-state index contributed by atoms with van der Waals surface area (Å²) in [6.45, 7) is 17.3. The molecule has 0 spiro atoms. The number of aromatic nitrogens is 2. The van der Waals surface area contributed by atoms with E-state index in [2.05, 4.69) is 68.8 Å².